The van der Waals surface area contributed by atoms with Gasteiger partial charge in [0.25, 0.3) is 0 Å². The minimum Gasteiger partial charge on any atom is -0.298 e. The van der Waals surface area contributed by atoms with Crippen molar-refractivity contribution in [1.29, 1.82) is 0 Å². The third-order valence-corrected chi connectivity index (χ3v) is 3.18. The fourth-order valence-electron chi connectivity index (χ4n) is 1.54. The molecule has 0 aliphatic carbocycles. The van der Waals surface area contributed by atoms with Crippen molar-refractivity contribution in [1.82, 2.24) is 4.42 Å². The van der Waals surface area contributed by atoms with Crippen molar-refractivity contribution in [2.24, 2.45) is 0 Å². The smallest absolute Gasteiger partial charge is 0.155 e. The molecule has 2 nitrogen and oxygen atoms in total. The molecule has 11 heavy (non-hydrogen) atoms. The maximum Gasteiger partial charge on any atom is 0.155 e. The van der Waals surface area contributed by atoms with Crippen LogP contribution >= 0.6 is 11.8 Å². The van der Waals surface area contributed by atoms with Gasteiger partial charge in [-0.2, -0.15) is 0 Å². The quantitative estimate of drug-likeness (QED) is 0.525. The predicted molar refractivity (Wildman–Crippen MR) is 45.5 cm³/mol. The van der Waals surface area contributed by atoms with Crippen LogP contribution in [0.4, 0.5) is 0 Å². The van der Waals surface area contributed by atoms with Gasteiger partial charge in [0, 0.05) is 12.0 Å². The lowest BCUT2D eigenvalue weighted by molar-refractivity contribution is -0.122. The van der Waals surface area contributed by atoms with E-state index in [1.165, 1.54) is 0 Å². The Labute approximate surface area is 72.6 Å². The maximum absolute atomic E-state index is 11.4. The molecule has 0 aromatic carbocycles. The average Bonchev–Trinajstić information content (AvgIpc) is 1.94. The van der Waals surface area contributed by atoms with Crippen LogP contribution in [0.25, 0.3) is 0 Å². The summed E-state index contributed by atoms with van der Waals surface area (Å²) in [5.41, 5.74) is -0.687. The molecular weight excluding hydrogens is 162 g/mol. The molecule has 0 aromatic rings. The number of halogens is 1. The molecule has 1 heterocycles. The lowest BCUT2D eigenvalue weighted by Crippen LogP contribution is -2.43. The molecule has 0 N–H and O–H groups in total. The fraction of sp³-hybridized carbons (Fsp3) is 0.875. The standard InChI is InChI=1S/C8H14ClNO/c1-7(2)5-6(11)8(3,4)10(7)9/h5H2,1-4H3. The predicted octanol–water partition coefficient (Wildman–Crippen LogP) is 1.97. The molecule has 1 saturated heterocycles. The molecule has 0 atom stereocenters. The third kappa shape index (κ3) is 1.18. The summed E-state index contributed by atoms with van der Waals surface area (Å²) < 4.78 is 1.63. The van der Waals surface area contributed by atoms with E-state index >= 15 is 0 Å². The number of hydrogen-bond donors (Lipinski definition) is 0. The maximum atomic E-state index is 11.4. The monoisotopic (exact) mass is 175 g/mol. The molecule has 1 rings (SSSR count). The number of hydrogen-bond acceptors (Lipinski definition) is 2. The SMILES string of the molecule is CC1(C)CC(=O)C(C)(C)N1Cl. The Morgan fingerprint density at radius 3 is 1.91 bits per heavy atom. The van der Waals surface area contributed by atoms with Crippen LogP contribution in [0.1, 0.15) is 34.1 Å². The van der Waals surface area contributed by atoms with Gasteiger partial charge in [0.05, 0.1) is 5.54 Å². The first-order chi connectivity index (χ1) is 4.78. The lowest BCUT2D eigenvalue weighted by Gasteiger charge is -2.31. The fourth-order valence-corrected chi connectivity index (χ4v) is 1.70. The van der Waals surface area contributed by atoms with E-state index in [9.17, 15) is 4.79 Å². The van der Waals surface area contributed by atoms with Crippen molar-refractivity contribution in [3.05, 3.63) is 0 Å². The van der Waals surface area contributed by atoms with Gasteiger partial charge in [-0.05, 0) is 39.5 Å². The summed E-state index contributed by atoms with van der Waals surface area (Å²) in [4.78, 5) is 11.4. The summed E-state index contributed by atoms with van der Waals surface area (Å²) in [5.74, 6) is 0.220. The number of rotatable bonds is 0. The first-order valence-electron chi connectivity index (χ1n) is 3.78. The number of nitrogens with zero attached hydrogens (tertiary/aromatic N) is 1. The van der Waals surface area contributed by atoms with Gasteiger partial charge in [0.1, 0.15) is 0 Å². The van der Waals surface area contributed by atoms with E-state index in [-0.39, 0.29) is 11.3 Å². The second kappa shape index (κ2) is 2.20. The molecule has 0 radical (unpaired) electrons. The number of carbonyl (C=O) groups excluding carboxylic acids is 1. The Balaban J connectivity index is 2.98. The molecule has 0 saturated carbocycles. The number of carbonyl (C=O) groups is 1. The van der Waals surface area contributed by atoms with Crippen molar-refractivity contribution in [2.45, 2.75) is 45.2 Å². The van der Waals surface area contributed by atoms with Gasteiger partial charge >= 0.3 is 0 Å². The second-order valence-electron chi connectivity index (χ2n) is 4.25. The molecule has 0 bridgehead atoms. The lowest BCUT2D eigenvalue weighted by atomic mass is 9.99. The summed E-state index contributed by atoms with van der Waals surface area (Å²) in [6.45, 7) is 7.67. The Kier molecular flexibility index (Phi) is 1.81. The molecule has 0 spiro atoms. The first kappa shape index (κ1) is 9.01. The van der Waals surface area contributed by atoms with Crippen LogP contribution in [-0.2, 0) is 4.79 Å². The van der Waals surface area contributed by atoms with Gasteiger partial charge in [-0.15, -0.1) is 0 Å². The molecule has 64 valence electrons. The Morgan fingerprint density at radius 2 is 1.82 bits per heavy atom. The third-order valence-electron chi connectivity index (χ3n) is 2.30. The van der Waals surface area contributed by atoms with Gasteiger partial charge in [-0.25, -0.2) is 4.42 Å². The number of ketones is 1. The van der Waals surface area contributed by atoms with Crippen molar-refractivity contribution in [2.75, 3.05) is 0 Å². The zero-order valence-corrected chi connectivity index (χ0v) is 8.20. The average molecular weight is 176 g/mol. The Bertz CT molecular complexity index is 198. The van der Waals surface area contributed by atoms with Gasteiger partial charge in [-0.3, -0.25) is 4.79 Å². The summed E-state index contributed by atoms with van der Waals surface area (Å²) in [6.07, 6.45) is 0.545. The van der Waals surface area contributed by atoms with Crippen LogP contribution in [-0.4, -0.2) is 21.3 Å². The molecule has 3 heteroatoms. The highest BCUT2D eigenvalue weighted by Crippen LogP contribution is 2.39. The summed E-state index contributed by atoms with van der Waals surface area (Å²) >= 11 is 6.00. The molecule has 1 aliphatic heterocycles. The van der Waals surface area contributed by atoms with Crippen LogP contribution in [0.3, 0.4) is 0 Å². The zero-order chi connectivity index (χ0) is 8.86. The first-order valence-corrected chi connectivity index (χ1v) is 4.12. The van der Waals surface area contributed by atoms with E-state index in [1.54, 1.807) is 4.42 Å². The molecule has 1 aliphatic rings. The molecular formula is C8H14ClNO. The second-order valence-corrected chi connectivity index (χ2v) is 4.59. The van der Waals surface area contributed by atoms with Crippen LogP contribution in [0.5, 0.6) is 0 Å². The topological polar surface area (TPSA) is 20.3 Å². The van der Waals surface area contributed by atoms with Crippen LogP contribution in [0.15, 0.2) is 0 Å². The summed E-state index contributed by atoms with van der Waals surface area (Å²) in [7, 11) is 0. The van der Waals surface area contributed by atoms with E-state index in [0.29, 0.717) is 6.42 Å². The minimum absolute atomic E-state index is 0.192. The molecule has 1 fully saturated rings. The van der Waals surface area contributed by atoms with E-state index in [4.69, 9.17) is 11.8 Å². The van der Waals surface area contributed by atoms with Crippen LogP contribution < -0.4 is 0 Å². The van der Waals surface area contributed by atoms with E-state index in [2.05, 4.69) is 0 Å². The Hall–Kier alpha value is -0.0800. The molecule has 0 amide bonds. The largest absolute Gasteiger partial charge is 0.298 e. The van der Waals surface area contributed by atoms with Gasteiger partial charge in [0.15, 0.2) is 5.78 Å². The highest BCUT2D eigenvalue weighted by molar-refractivity contribution is 6.17. The summed E-state index contributed by atoms with van der Waals surface area (Å²) in [5, 5.41) is 0. The molecule has 0 aromatic heterocycles. The van der Waals surface area contributed by atoms with E-state index in [0.717, 1.165) is 0 Å². The Morgan fingerprint density at radius 1 is 1.36 bits per heavy atom. The highest BCUT2D eigenvalue weighted by Gasteiger charge is 2.50. The highest BCUT2D eigenvalue weighted by atomic mass is 35.5. The minimum atomic E-state index is -0.495. The van der Waals surface area contributed by atoms with Gasteiger partial charge < -0.3 is 0 Å². The zero-order valence-electron chi connectivity index (χ0n) is 7.44. The normalized spacial score (nSPS) is 29.4. The van der Waals surface area contributed by atoms with Gasteiger partial charge in [0.2, 0.25) is 0 Å². The van der Waals surface area contributed by atoms with Gasteiger partial charge in [-0.1, -0.05) is 0 Å². The molecule has 0 unspecified atom stereocenters. The van der Waals surface area contributed by atoms with Crippen LogP contribution in [0.2, 0.25) is 0 Å². The van der Waals surface area contributed by atoms with Crippen molar-refractivity contribution in [3.63, 3.8) is 0 Å². The van der Waals surface area contributed by atoms with E-state index < -0.39 is 5.54 Å². The van der Waals surface area contributed by atoms with Crippen molar-refractivity contribution < 1.29 is 4.79 Å². The van der Waals surface area contributed by atoms with Crippen molar-refractivity contribution >= 4 is 17.6 Å². The van der Waals surface area contributed by atoms with E-state index in [1.807, 2.05) is 27.7 Å². The number of Topliss-reactive ketones (excluding diaryl/α,β-unsaturated/α-hetero) is 1. The van der Waals surface area contributed by atoms with Crippen LogP contribution in [0, 0.1) is 0 Å². The van der Waals surface area contributed by atoms with Crippen molar-refractivity contribution in [3.8, 4) is 0 Å². The summed E-state index contributed by atoms with van der Waals surface area (Å²) in [6, 6.07) is 0.